The van der Waals surface area contributed by atoms with Crippen LogP contribution in [0.2, 0.25) is 0 Å². The second kappa shape index (κ2) is 5.85. The smallest absolute Gasteiger partial charge is 0.382 e. The summed E-state index contributed by atoms with van der Waals surface area (Å²) in [4.78, 5) is 0. The minimum absolute atomic E-state index is 0.291. The zero-order valence-corrected chi connectivity index (χ0v) is 11.5. The summed E-state index contributed by atoms with van der Waals surface area (Å²) in [5.41, 5.74) is 1.99. The lowest BCUT2D eigenvalue weighted by Gasteiger charge is -2.20. The van der Waals surface area contributed by atoms with Crippen molar-refractivity contribution in [2.45, 2.75) is 20.0 Å². The van der Waals surface area contributed by atoms with E-state index in [-0.39, 0.29) is 6.10 Å². The van der Waals surface area contributed by atoms with Crippen LogP contribution in [0.1, 0.15) is 25.5 Å². The third-order valence-electron chi connectivity index (χ3n) is 2.62. The second-order valence-electron chi connectivity index (χ2n) is 3.84. The summed E-state index contributed by atoms with van der Waals surface area (Å²) in [6.07, 6.45) is -0.301. The predicted octanol–water partition coefficient (Wildman–Crippen LogP) is 3.35. The van der Waals surface area contributed by atoms with Gasteiger partial charge in [-0.25, -0.2) is 4.57 Å². The molecule has 1 aliphatic rings. The largest absolute Gasteiger partial charge is 0.475 e. The van der Waals surface area contributed by atoms with Crippen LogP contribution in [0.4, 0.5) is 5.69 Å². The minimum atomic E-state index is -3.46. The number of para-hydroxylation sites is 1. The Morgan fingerprint density at radius 2 is 1.94 bits per heavy atom. The summed E-state index contributed by atoms with van der Waals surface area (Å²) in [5.74, 6) is 0. The fraction of sp³-hybridized carbons (Fsp3) is 0.500. The lowest BCUT2D eigenvalue weighted by Crippen LogP contribution is -2.08. The van der Waals surface area contributed by atoms with Crippen molar-refractivity contribution in [3.8, 4) is 0 Å². The molecule has 0 fully saturated rings. The second-order valence-corrected chi connectivity index (χ2v) is 5.47. The van der Waals surface area contributed by atoms with E-state index in [0.29, 0.717) is 19.8 Å². The van der Waals surface area contributed by atoms with Crippen LogP contribution in [-0.4, -0.2) is 19.8 Å². The highest BCUT2D eigenvalue weighted by atomic mass is 31.2. The lowest BCUT2D eigenvalue weighted by atomic mass is 10.1. The zero-order valence-electron chi connectivity index (χ0n) is 10.6. The number of fused-ring (bicyclic) bond motifs is 1. The topological polar surface area (TPSA) is 56.8 Å². The van der Waals surface area contributed by atoms with Crippen molar-refractivity contribution in [1.29, 1.82) is 0 Å². The Morgan fingerprint density at radius 3 is 2.61 bits per heavy atom. The zero-order chi connectivity index (χ0) is 13.0. The molecule has 5 nitrogen and oxygen atoms in total. The van der Waals surface area contributed by atoms with E-state index in [0.717, 1.165) is 11.3 Å². The van der Waals surface area contributed by atoms with Gasteiger partial charge in [0, 0.05) is 17.8 Å². The van der Waals surface area contributed by atoms with Crippen LogP contribution < -0.4 is 5.32 Å². The molecular weight excluding hydrogens is 253 g/mol. The molecule has 1 aromatic carbocycles. The van der Waals surface area contributed by atoms with Gasteiger partial charge in [0.1, 0.15) is 6.10 Å². The van der Waals surface area contributed by atoms with Crippen LogP contribution in [0, 0.1) is 0 Å². The maximum atomic E-state index is 12.3. The monoisotopic (exact) mass is 271 g/mol. The molecule has 1 heterocycles. The molecule has 18 heavy (non-hydrogen) atoms. The Bertz CT molecular complexity index is 441. The maximum Gasteiger partial charge on any atom is 0.475 e. The van der Waals surface area contributed by atoms with Gasteiger partial charge in [0.2, 0.25) is 0 Å². The third-order valence-corrected chi connectivity index (χ3v) is 4.28. The van der Waals surface area contributed by atoms with Gasteiger partial charge in [-0.05, 0) is 19.9 Å². The maximum absolute atomic E-state index is 12.3. The molecule has 0 radical (unpaired) electrons. The van der Waals surface area contributed by atoms with Gasteiger partial charge in [0.25, 0.3) is 0 Å². The number of hydrogen-bond donors (Lipinski definition) is 1. The SMILES string of the molecule is CCOP(=O)(OCC)OC1CNc2ccccc21. The van der Waals surface area contributed by atoms with Crippen LogP contribution in [0.25, 0.3) is 0 Å². The molecule has 1 unspecified atom stereocenters. The predicted molar refractivity (Wildman–Crippen MR) is 69.6 cm³/mol. The number of anilines is 1. The molecule has 0 amide bonds. The first-order valence-electron chi connectivity index (χ1n) is 6.09. The van der Waals surface area contributed by atoms with Crippen molar-refractivity contribution >= 4 is 13.5 Å². The fourth-order valence-corrected chi connectivity index (χ4v) is 3.24. The highest BCUT2D eigenvalue weighted by Crippen LogP contribution is 2.54. The number of phosphoric ester groups is 1. The molecule has 0 spiro atoms. The Kier molecular flexibility index (Phi) is 4.40. The molecule has 6 heteroatoms. The van der Waals surface area contributed by atoms with Gasteiger partial charge in [-0.1, -0.05) is 18.2 Å². The van der Waals surface area contributed by atoms with Gasteiger partial charge in [0.15, 0.2) is 0 Å². The molecule has 2 rings (SSSR count). The highest BCUT2D eigenvalue weighted by Gasteiger charge is 2.34. The van der Waals surface area contributed by atoms with E-state index in [9.17, 15) is 4.57 Å². The van der Waals surface area contributed by atoms with E-state index in [1.54, 1.807) is 13.8 Å². The first kappa shape index (κ1) is 13.6. The molecule has 1 atom stereocenters. The number of phosphoric acid groups is 1. The Hall–Kier alpha value is -0.870. The van der Waals surface area contributed by atoms with Crippen molar-refractivity contribution in [3.63, 3.8) is 0 Å². The van der Waals surface area contributed by atoms with Crippen LogP contribution in [0.5, 0.6) is 0 Å². The van der Waals surface area contributed by atoms with Gasteiger partial charge in [-0.3, -0.25) is 13.6 Å². The normalized spacial score (nSPS) is 18.4. The van der Waals surface area contributed by atoms with Crippen LogP contribution >= 0.6 is 7.82 Å². The van der Waals surface area contributed by atoms with Crippen molar-refractivity contribution in [3.05, 3.63) is 29.8 Å². The lowest BCUT2D eigenvalue weighted by molar-refractivity contribution is 0.0911. The Morgan fingerprint density at radius 1 is 1.28 bits per heavy atom. The highest BCUT2D eigenvalue weighted by molar-refractivity contribution is 7.48. The summed E-state index contributed by atoms with van der Waals surface area (Å²) >= 11 is 0. The van der Waals surface area contributed by atoms with Crippen molar-refractivity contribution in [1.82, 2.24) is 0 Å². The molecule has 0 aliphatic carbocycles. The van der Waals surface area contributed by atoms with E-state index in [4.69, 9.17) is 13.6 Å². The third kappa shape index (κ3) is 2.93. The molecular formula is C12H18NO4P. The van der Waals surface area contributed by atoms with Crippen molar-refractivity contribution in [2.24, 2.45) is 0 Å². The molecule has 1 N–H and O–H groups in total. The standard InChI is InChI=1S/C12H18NO4P/c1-3-15-18(14,16-4-2)17-12-9-13-11-8-6-5-7-10(11)12/h5-8,12-13H,3-4,9H2,1-2H3. The fourth-order valence-electron chi connectivity index (χ4n) is 1.92. The van der Waals surface area contributed by atoms with Gasteiger partial charge in [-0.2, -0.15) is 0 Å². The van der Waals surface area contributed by atoms with Crippen LogP contribution in [-0.2, 0) is 18.1 Å². The number of benzene rings is 1. The molecule has 0 saturated carbocycles. The molecule has 0 aromatic heterocycles. The molecule has 1 aliphatic heterocycles. The first-order valence-corrected chi connectivity index (χ1v) is 7.55. The van der Waals surface area contributed by atoms with Crippen molar-refractivity contribution in [2.75, 3.05) is 25.1 Å². The molecule has 0 saturated heterocycles. The van der Waals surface area contributed by atoms with E-state index in [2.05, 4.69) is 5.32 Å². The van der Waals surface area contributed by atoms with Gasteiger partial charge < -0.3 is 5.32 Å². The van der Waals surface area contributed by atoms with Gasteiger partial charge >= 0.3 is 7.82 Å². The van der Waals surface area contributed by atoms with E-state index in [1.807, 2.05) is 24.3 Å². The van der Waals surface area contributed by atoms with E-state index >= 15 is 0 Å². The summed E-state index contributed by atoms with van der Waals surface area (Å²) in [6.45, 7) is 4.67. The summed E-state index contributed by atoms with van der Waals surface area (Å²) in [6, 6.07) is 7.78. The molecule has 0 bridgehead atoms. The average Bonchev–Trinajstić information content (AvgIpc) is 2.73. The van der Waals surface area contributed by atoms with Crippen molar-refractivity contribution < 1.29 is 18.1 Å². The van der Waals surface area contributed by atoms with Gasteiger partial charge in [0.05, 0.1) is 13.2 Å². The van der Waals surface area contributed by atoms with E-state index < -0.39 is 7.82 Å². The molecule has 1 aromatic rings. The van der Waals surface area contributed by atoms with E-state index in [1.165, 1.54) is 0 Å². The number of nitrogens with one attached hydrogen (secondary N) is 1. The summed E-state index contributed by atoms with van der Waals surface area (Å²) < 4.78 is 28.1. The quantitative estimate of drug-likeness (QED) is 0.804. The van der Waals surface area contributed by atoms with Crippen LogP contribution in [0.3, 0.4) is 0 Å². The minimum Gasteiger partial charge on any atom is -0.382 e. The Balaban J connectivity index is 2.12. The average molecular weight is 271 g/mol. The number of hydrogen-bond acceptors (Lipinski definition) is 5. The first-order chi connectivity index (χ1) is 8.68. The summed E-state index contributed by atoms with van der Waals surface area (Å²) in [7, 11) is -3.46. The Labute approximate surface area is 107 Å². The summed E-state index contributed by atoms with van der Waals surface area (Å²) in [5, 5.41) is 3.20. The van der Waals surface area contributed by atoms with Crippen LogP contribution in [0.15, 0.2) is 24.3 Å². The number of rotatable bonds is 6. The van der Waals surface area contributed by atoms with Gasteiger partial charge in [-0.15, -0.1) is 0 Å². The molecule has 100 valence electrons.